The van der Waals surface area contributed by atoms with Crippen molar-refractivity contribution >= 4 is 11.8 Å². The van der Waals surface area contributed by atoms with E-state index in [1.54, 1.807) is 20.8 Å². The molecule has 0 unspecified atom stereocenters. The lowest BCUT2D eigenvalue weighted by atomic mass is 10.2. The molecule has 0 spiro atoms. The lowest BCUT2D eigenvalue weighted by molar-refractivity contribution is 0.107. The van der Waals surface area contributed by atoms with E-state index < -0.39 is 5.60 Å². The fourth-order valence-electron chi connectivity index (χ4n) is 0.865. The Morgan fingerprint density at radius 3 is 2.79 bits per heavy atom. The molecule has 0 aliphatic rings. The van der Waals surface area contributed by atoms with Crippen molar-refractivity contribution in [2.45, 2.75) is 31.5 Å². The van der Waals surface area contributed by atoms with Crippen molar-refractivity contribution in [2.24, 2.45) is 0 Å². The van der Waals surface area contributed by atoms with Crippen LogP contribution < -0.4 is 5.56 Å². The summed E-state index contributed by atoms with van der Waals surface area (Å²) in [5, 5.41) is 10.0. The predicted molar refractivity (Wildman–Crippen MR) is 56.6 cm³/mol. The van der Waals surface area contributed by atoms with Gasteiger partial charge in [-0.25, -0.2) is 4.98 Å². The Balaban J connectivity index is 2.73. The van der Waals surface area contributed by atoms with Crippen LogP contribution in [0.3, 0.4) is 0 Å². The van der Waals surface area contributed by atoms with Gasteiger partial charge in [-0.2, -0.15) is 0 Å². The summed E-state index contributed by atoms with van der Waals surface area (Å²) in [7, 11) is 0. The third-order valence-corrected chi connectivity index (χ3v) is 2.73. The Bertz CT molecular complexity index is 368. The third kappa shape index (κ3) is 3.93. The van der Waals surface area contributed by atoms with Crippen molar-refractivity contribution in [3.8, 4) is 0 Å². The van der Waals surface area contributed by atoms with E-state index >= 15 is 0 Å². The molecule has 4 nitrogen and oxygen atoms in total. The molecule has 1 aromatic rings. The fraction of sp³-hybridized carbons (Fsp3) is 0.556. The average Bonchev–Trinajstić information content (AvgIpc) is 1.97. The number of aliphatic hydroxyl groups is 1. The van der Waals surface area contributed by atoms with Gasteiger partial charge in [0.2, 0.25) is 0 Å². The molecule has 2 N–H and O–H groups in total. The number of aryl methyl sites for hydroxylation is 1. The minimum atomic E-state index is -0.757. The maximum atomic E-state index is 11.1. The molecule has 5 heteroatoms. The van der Waals surface area contributed by atoms with E-state index in [9.17, 15) is 9.90 Å². The van der Waals surface area contributed by atoms with Crippen LogP contribution in [0.2, 0.25) is 0 Å². The van der Waals surface area contributed by atoms with Crippen LogP contribution in [0.1, 0.15) is 19.5 Å². The summed E-state index contributed by atoms with van der Waals surface area (Å²) < 4.78 is 0. The molecule has 1 heterocycles. The summed E-state index contributed by atoms with van der Waals surface area (Å²) in [5.41, 5.74) is -0.227. The first kappa shape index (κ1) is 11.3. The van der Waals surface area contributed by atoms with Crippen LogP contribution in [0.25, 0.3) is 0 Å². The molecule has 0 saturated carbocycles. The van der Waals surface area contributed by atoms with Gasteiger partial charge in [-0.3, -0.25) is 4.79 Å². The van der Waals surface area contributed by atoms with Gasteiger partial charge >= 0.3 is 0 Å². The SMILES string of the molecule is Cc1cc(=O)[nH]c(SCC(C)(C)O)n1. The first-order chi connectivity index (χ1) is 6.37. The summed E-state index contributed by atoms with van der Waals surface area (Å²) in [6.07, 6.45) is 0. The highest BCUT2D eigenvalue weighted by Crippen LogP contribution is 2.17. The average molecular weight is 214 g/mol. The molecule has 0 amide bonds. The number of hydrogen-bond acceptors (Lipinski definition) is 4. The number of aromatic amines is 1. The topological polar surface area (TPSA) is 66.0 Å². The van der Waals surface area contributed by atoms with Crippen LogP contribution >= 0.6 is 11.8 Å². The number of hydrogen-bond donors (Lipinski definition) is 2. The summed E-state index contributed by atoms with van der Waals surface area (Å²) in [6.45, 7) is 5.20. The first-order valence-electron chi connectivity index (χ1n) is 4.30. The Hall–Kier alpha value is -0.810. The van der Waals surface area contributed by atoms with Crippen molar-refractivity contribution < 1.29 is 5.11 Å². The van der Waals surface area contributed by atoms with Gasteiger partial charge in [-0.15, -0.1) is 0 Å². The number of aromatic nitrogens is 2. The smallest absolute Gasteiger partial charge is 0.251 e. The van der Waals surface area contributed by atoms with Gasteiger partial charge in [0.25, 0.3) is 5.56 Å². The minimum absolute atomic E-state index is 0.157. The van der Waals surface area contributed by atoms with E-state index in [4.69, 9.17) is 0 Å². The molecule has 0 saturated heterocycles. The second-order valence-corrected chi connectivity index (χ2v) is 4.76. The minimum Gasteiger partial charge on any atom is -0.390 e. The Labute approximate surface area is 86.8 Å². The van der Waals surface area contributed by atoms with E-state index in [1.165, 1.54) is 17.8 Å². The molecule has 0 fully saturated rings. The molecule has 0 radical (unpaired) electrons. The van der Waals surface area contributed by atoms with Gasteiger partial charge in [-0.05, 0) is 20.8 Å². The number of rotatable bonds is 3. The van der Waals surface area contributed by atoms with Gasteiger partial charge < -0.3 is 10.1 Å². The lowest BCUT2D eigenvalue weighted by Gasteiger charge is -2.15. The van der Waals surface area contributed by atoms with Crippen LogP contribution in [-0.4, -0.2) is 26.4 Å². The Kier molecular flexibility index (Phi) is 3.34. The molecule has 0 aliphatic carbocycles. The largest absolute Gasteiger partial charge is 0.390 e. The molecule has 1 rings (SSSR count). The highest BCUT2D eigenvalue weighted by Gasteiger charge is 2.13. The van der Waals surface area contributed by atoms with Crippen molar-refractivity contribution in [3.63, 3.8) is 0 Å². The van der Waals surface area contributed by atoms with Gasteiger partial charge in [0.05, 0.1) is 5.60 Å². The number of thioether (sulfide) groups is 1. The lowest BCUT2D eigenvalue weighted by Crippen LogP contribution is -2.22. The van der Waals surface area contributed by atoms with Crippen LogP contribution in [0, 0.1) is 6.92 Å². The molecule has 0 aromatic carbocycles. The van der Waals surface area contributed by atoms with E-state index in [0.29, 0.717) is 16.6 Å². The molecule has 0 aliphatic heterocycles. The zero-order valence-corrected chi connectivity index (χ0v) is 9.31. The van der Waals surface area contributed by atoms with E-state index in [-0.39, 0.29) is 5.56 Å². The second-order valence-electron chi connectivity index (χ2n) is 3.79. The molecule has 0 atom stereocenters. The standard InChI is InChI=1S/C9H14N2O2S/c1-6-4-7(12)11-8(10-6)14-5-9(2,3)13/h4,13H,5H2,1-3H3,(H,10,11,12). The molecule has 1 aromatic heterocycles. The van der Waals surface area contributed by atoms with Gasteiger partial charge in [0.1, 0.15) is 0 Å². The predicted octanol–water partition coefficient (Wildman–Crippen LogP) is 0.941. The summed E-state index contributed by atoms with van der Waals surface area (Å²) in [6, 6.07) is 1.44. The molecule has 78 valence electrons. The summed E-state index contributed by atoms with van der Waals surface area (Å²) in [4.78, 5) is 17.8. The summed E-state index contributed by atoms with van der Waals surface area (Å²) >= 11 is 1.34. The quantitative estimate of drug-likeness (QED) is 0.580. The van der Waals surface area contributed by atoms with Crippen molar-refractivity contribution in [2.75, 3.05) is 5.75 Å². The number of nitrogens with one attached hydrogen (secondary N) is 1. The molecular formula is C9H14N2O2S. The molecular weight excluding hydrogens is 200 g/mol. The third-order valence-electron chi connectivity index (χ3n) is 1.41. The summed E-state index contributed by atoms with van der Waals surface area (Å²) in [5.74, 6) is 0.499. The maximum Gasteiger partial charge on any atom is 0.251 e. The van der Waals surface area contributed by atoms with Crippen molar-refractivity contribution in [3.05, 3.63) is 22.1 Å². The Morgan fingerprint density at radius 1 is 1.64 bits per heavy atom. The van der Waals surface area contributed by atoms with E-state index in [2.05, 4.69) is 9.97 Å². The zero-order chi connectivity index (χ0) is 10.8. The van der Waals surface area contributed by atoms with Gasteiger partial charge in [-0.1, -0.05) is 11.8 Å². The monoisotopic (exact) mass is 214 g/mol. The van der Waals surface area contributed by atoms with Crippen LogP contribution in [0.15, 0.2) is 16.0 Å². The van der Waals surface area contributed by atoms with Crippen LogP contribution in [0.4, 0.5) is 0 Å². The molecule has 0 bridgehead atoms. The number of nitrogens with zero attached hydrogens (tertiary/aromatic N) is 1. The Morgan fingerprint density at radius 2 is 2.29 bits per heavy atom. The number of H-pyrrole nitrogens is 1. The molecule has 14 heavy (non-hydrogen) atoms. The highest BCUT2D eigenvalue weighted by molar-refractivity contribution is 7.99. The zero-order valence-electron chi connectivity index (χ0n) is 8.50. The van der Waals surface area contributed by atoms with E-state index in [1.807, 2.05) is 0 Å². The normalized spacial score (nSPS) is 11.7. The fourth-order valence-corrected chi connectivity index (χ4v) is 1.74. The highest BCUT2D eigenvalue weighted by atomic mass is 32.2. The van der Waals surface area contributed by atoms with Crippen LogP contribution in [0.5, 0.6) is 0 Å². The van der Waals surface area contributed by atoms with Crippen molar-refractivity contribution in [1.29, 1.82) is 0 Å². The van der Waals surface area contributed by atoms with Crippen molar-refractivity contribution in [1.82, 2.24) is 9.97 Å². The first-order valence-corrected chi connectivity index (χ1v) is 5.28. The van der Waals surface area contributed by atoms with Gasteiger partial charge in [0, 0.05) is 17.5 Å². The van der Waals surface area contributed by atoms with Crippen LogP contribution in [-0.2, 0) is 0 Å². The van der Waals surface area contributed by atoms with Gasteiger partial charge in [0.15, 0.2) is 5.16 Å². The second kappa shape index (κ2) is 4.14. The maximum absolute atomic E-state index is 11.1. The van der Waals surface area contributed by atoms with E-state index in [0.717, 1.165) is 0 Å².